The van der Waals surface area contributed by atoms with Gasteiger partial charge in [0.2, 0.25) is 5.91 Å². The van der Waals surface area contributed by atoms with Gasteiger partial charge < -0.3 is 25.4 Å². The number of primary amides is 1. The van der Waals surface area contributed by atoms with Gasteiger partial charge in [-0.25, -0.2) is 4.79 Å². The summed E-state index contributed by atoms with van der Waals surface area (Å²) in [6.07, 6.45) is 6.62. The SMILES string of the molecule is COc1cc(CN2CC(CC(N)=O)N(C(=O)NC3CCCCC3)[C@@H](CC(C)C)C2)cc(OC)c1. The summed E-state index contributed by atoms with van der Waals surface area (Å²) in [6, 6.07) is 5.79. The molecule has 8 nitrogen and oxygen atoms in total. The third-order valence-electron chi connectivity index (χ3n) is 6.89. The number of amides is 3. The number of methoxy groups -OCH3 is 2. The fourth-order valence-corrected chi connectivity index (χ4v) is 5.44. The van der Waals surface area contributed by atoms with E-state index in [0.717, 1.165) is 55.7 Å². The van der Waals surface area contributed by atoms with E-state index in [1.54, 1.807) is 14.2 Å². The number of nitrogens with two attached hydrogens (primary N) is 1. The molecule has 190 valence electrons. The minimum absolute atomic E-state index is 0.00851. The van der Waals surface area contributed by atoms with Crippen molar-refractivity contribution < 1.29 is 19.1 Å². The Labute approximate surface area is 204 Å². The van der Waals surface area contributed by atoms with Crippen molar-refractivity contribution in [3.05, 3.63) is 23.8 Å². The average molecular weight is 475 g/mol. The molecule has 34 heavy (non-hydrogen) atoms. The molecule has 2 fully saturated rings. The second-order valence-corrected chi connectivity index (χ2v) is 10.2. The number of carbonyl (C=O) groups excluding carboxylic acids is 2. The summed E-state index contributed by atoms with van der Waals surface area (Å²) >= 11 is 0. The maximum atomic E-state index is 13.5. The van der Waals surface area contributed by atoms with E-state index in [1.165, 1.54) is 6.42 Å². The molecule has 1 unspecified atom stereocenters. The largest absolute Gasteiger partial charge is 0.497 e. The molecule has 1 heterocycles. The Kier molecular flexibility index (Phi) is 9.45. The number of hydrogen-bond donors (Lipinski definition) is 2. The number of ether oxygens (including phenoxy) is 2. The fraction of sp³-hybridized carbons (Fsp3) is 0.692. The minimum Gasteiger partial charge on any atom is -0.497 e. The molecular formula is C26H42N4O4. The number of benzene rings is 1. The highest BCUT2D eigenvalue weighted by Gasteiger charge is 2.39. The molecule has 8 heteroatoms. The minimum atomic E-state index is -0.381. The van der Waals surface area contributed by atoms with E-state index in [4.69, 9.17) is 15.2 Å². The predicted octanol–water partition coefficient (Wildman–Crippen LogP) is 3.52. The molecule has 3 rings (SSSR count). The maximum Gasteiger partial charge on any atom is 0.318 e. The zero-order chi connectivity index (χ0) is 24.7. The Morgan fingerprint density at radius 1 is 1.03 bits per heavy atom. The van der Waals surface area contributed by atoms with E-state index >= 15 is 0 Å². The first-order chi connectivity index (χ1) is 16.3. The number of carbonyl (C=O) groups is 2. The van der Waals surface area contributed by atoms with E-state index in [-0.39, 0.29) is 36.5 Å². The van der Waals surface area contributed by atoms with Crippen LogP contribution in [0.5, 0.6) is 11.5 Å². The third-order valence-corrected chi connectivity index (χ3v) is 6.89. The van der Waals surface area contributed by atoms with Gasteiger partial charge in [0, 0.05) is 44.2 Å². The van der Waals surface area contributed by atoms with Crippen LogP contribution in [0.1, 0.15) is 64.4 Å². The van der Waals surface area contributed by atoms with Crippen LogP contribution in [-0.2, 0) is 11.3 Å². The lowest BCUT2D eigenvalue weighted by molar-refractivity contribution is -0.119. The van der Waals surface area contributed by atoms with Gasteiger partial charge in [-0.15, -0.1) is 0 Å². The Morgan fingerprint density at radius 3 is 2.21 bits per heavy atom. The number of piperazine rings is 1. The summed E-state index contributed by atoms with van der Waals surface area (Å²) in [7, 11) is 3.29. The highest BCUT2D eigenvalue weighted by atomic mass is 16.5. The van der Waals surface area contributed by atoms with Gasteiger partial charge >= 0.3 is 6.03 Å². The van der Waals surface area contributed by atoms with Crippen molar-refractivity contribution in [3.8, 4) is 11.5 Å². The lowest BCUT2D eigenvalue weighted by Gasteiger charge is -2.47. The van der Waals surface area contributed by atoms with E-state index in [0.29, 0.717) is 19.0 Å². The Morgan fingerprint density at radius 2 is 1.65 bits per heavy atom. The first-order valence-corrected chi connectivity index (χ1v) is 12.6. The molecule has 0 spiro atoms. The van der Waals surface area contributed by atoms with Crippen LogP contribution in [0, 0.1) is 5.92 Å². The standard InChI is InChI=1S/C26H42N4O4/c1-18(2)10-21-16-29(15-19-11-23(33-3)14-24(12-19)34-4)17-22(13-25(27)31)30(21)26(32)28-20-8-6-5-7-9-20/h11-12,14,18,20-22H,5-10,13,15-17H2,1-4H3,(H2,27,31)(H,28,32)/t21-,22?/m0/s1. The summed E-state index contributed by atoms with van der Waals surface area (Å²) in [6.45, 7) is 6.36. The van der Waals surface area contributed by atoms with Gasteiger partial charge in [-0.2, -0.15) is 0 Å². The number of urea groups is 1. The molecule has 0 bridgehead atoms. The number of nitrogens with zero attached hydrogens (tertiary/aromatic N) is 2. The second kappa shape index (κ2) is 12.3. The first kappa shape index (κ1) is 26.1. The zero-order valence-electron chi connectivity index (χ0n) is 21.2. The molecular weight excluding hydrogens is 432 g/mol. The van der Waals surface area contributed by atoms with Gasteiger partial charge in [-0.05, 0) is 42.9 Å². The molecule has 0 radical (unpaired) electrons. The van der Waals surface area contributed by atoms with Gasteiger partial charge in [-0.3, -0.25) is 9.69 Å². The monoisotopic (exact) mass is 474 g/mol. The summed E-state index contributed by atoms with van der Waals surface area (Å²) < 4.78 is 10.9. The van der Waals surface area contributed by atoms with Crippen molar-refractivity contribution in [1.29, 1.82) is 0 Å². The average Bonchev–Trinajstić information content (AvgIpc) is 2.78. The van der Waals surface area contributed by atoms with E-state index < -0.39 is 0 Å². The molecule has 1 aliphatic carbocycles. The van der Waals surface area contributed by atoms with Crippen molar-refractivity contribution in [2.75, 3.05) is 27.3 Å². The normalized spacial score (nSPS) is 22.0. The van der Waals surface area contributed by atoms with Crippen LogP contribution in [0.3, 0.4) is 0 Å². The van der Waals surface area contributed by atoms with Crippen molar-refractivity contribution in [2.45, 2.75) is 83.5 Å². The van der Waals surface area contributed by atoms with Crippen molar-refractivity contribution >= 4 is 11.9 Å². The van der Waals surface area contributed by atoms with Crippen LogP contribution in [0.15, 0.2) is 18.2 Å². The quantitative estimate of drug-likeness (QED) is 0.571. The van der Waals surface area contributed by atoms with Gasteiger partial charge in [-0.1, -0.05) is 33.1 Å². The molecule has 1 saturated carbocycles. The van der Waals surface area contributed by atoms with Crippen LogP contribution in [0.25, 0.3) is 0 Å². The van der Waals surface area contributed by atoms with Crippen LogP contribution in [-0.4, -0.2) is 67.2 Å². The molecule has 3 amide bonds. The van der Waals surface area contributed by atoms with Crippen LogP contribution in [0.4, 0.5) is 4.79 Å². The van der Waals surface area contributed by atoms with Gasteiger partial charge in [0.1, 0.15) is 11.5 Å². The van der Waals surface area contributed by atoms with Gasteiger partial charge in [0.05, 0.1) is 20.3 Å². The summed E-state index contributed by atoms with van der Waals surface area (Å²) in [5, 5.41) is 3.27. The van der Waals surface area contributed by atoms with Crippen molar-refractivity contribution in [3.63, 3.8) is 0 Å². The topological polar surface area (TPSA) is 97.1 Å². The molecule has 1 aromatic carbocycles. The van der Waals surface area contributed by atoms with Gasteiger partial charge in [0.25, 0.3) is 0 Å². The van der Waals surface area contributed by atoms with E-state index in [2.05, 4.69) is 24.1 Å². The van der Waals surface area contributed by atoms with E-state index in [9.17, 15) is 9.59 Å². The summed E-state index contributed by atoms with van der Waals surface area (Å²) in [5.41, 5.74) is 6.71. The smallest absolute Gasteiger partial charge is 0.318 e. The molecule has 2 aliphatic rings. The maximum absolute atomic E-state index is 13.5. The lowest BCUT2D eigenvalue weighted by atomic mass is 9.94. The highest BCUT2D eigenvalue weighted by molar-refractivity contribution is 5.78. The number of rotatable bonds is 9. The van der Waals surface area contributed by atoms with Crippen molar-refractivity contribution in [2.24, 2.45) is 11.7 Å². The first-order valence-electron chi connectivity index (χ1n) is 12.6. The van der Waals surface area contributed by atoms with E-state index in [1.807, 2.05) is 23.1 Å². The fourth-order valence-electron chi connectivity index (χ4n) is 5.44. The van der Waals surface area contributed by atoms with Crippen LogP contribution < -0.4 is 20.5 Å². The molecule has 1 saturated heterocycles. The number of nitrogens with one attached hydrogen (secondary N) is 1. The third kappa shape index (κ3) is 7.26. The molecule has 0 aromatic heterocycles. The summed E-state index contributed by atoms with van der Waals surface area (Å²) in [5.74, 6) is 1.52. The number of hydrogen-bond acceptors (Lipinski definition) is 5. The molecule has 2 atom stereocenters. The Hall–Kier alpha value is -2.48. The summed E-state index contributed by atoms with van der Waals surface area (Å²) in [4.78, 5) is 29.7. The second-order valence-electron chi connectivity index (χ2n) is 10.2. The Balaban J connectivity index is 1.81. The predicted molar refractivity (Wildman–Crippen MR) is 133 cm³/mol. The molecule has 1 aromatic rings. The zero-order valence-corrected chi connectivity index (χ0v) is 21.2. The van der Waals surface area contributed by atoms with Crippen molar-refractivity contribution in [1.82, 2.24) is 15.1 Å². The highest BCUT2D eigenvalue weighted by Crippen LogP contribution is 2.28. The van der Waals surface area contributed by atoms with Crippen LogP contribution in [0.2, 0.25) is 0 Å². The molecule has 3 N–H and O–H groups in total. The van der Waals surface area contributed by atoms with Gasteiger partial charge in [0.15, 0.2) is 0 Å². The van der Waals surface area contributed by atoms with Crippen LogP contribution >= 0.6 is 0 Å². The Bertz CT molecular complexity index is 803. The lowest BCUT2D eigenvalue weighted by Crippen LogP contribution is -2.64. The molecule has 1 aliphatic heterocycles.